The summed E-state index contributed by atoms with van der Waals surface area (Å²) in [7, 11) is 0. The van der Waals surface area contributed by atoms with Crippen LogP contribution in [0.15, 0.2) is 53.7 Å². The van der Waals surface area contributed by atoms with E-state index in [1.807, 2.05) is 30.3 Å². The number of halogens is 1. The molecule has 88 valence electrons. The summed E-state index contributed by atoms with van der Waals surface area (Å²) in [5.41, 5.74) is 1.14. The van der Waals surface area contributed by atoms with Gasteiger partial charge in [-0.1, -0.05) is 29.8 Å². The third-order valence-electron chi connectivity index (χ3n) is 2.17. The van der Waals surface area contributed by atoms with E-state index in [2.05, 4.69) is 22.4 Å². The van der Waals surface area contributed by atoms with Crippen molar-refractivity contribution >= 4 is 29.1 Å². The van der Waals surface area contributed by atoms with Gasteiger partial charge in [0.25, 0.3) is 0 Å². The fourth-order valence-corrected chi connectivity index (χ4v) is 2.40. The molecule has 0 atom stereocenters. The van der Waals surface area contributed by atoms with Gasteiger partial charge in [0.2, 0.25) is 0 Å². The lowest BCUT2D eigenvalue weighted by Crippen LogP contribution is -2.03. The Morgan fingerprint density at radius 1 is 1.12 bits per heavy atom. The first-order valence-electron chi connectivity index (χ1n) is 5.38. The monoisotopic (exact) mass is 264 g/mol. The Morgan fingerprint density at radius 2 is 1.94 bits per heavy atom. The summed E-state index contributed by atoms with van der Waals surface area (Å²) in [5.74, 6) is 0.936. The van der Waals surface area contributed by atoms with Crippen LogP contribution >= 0.6 is 23.4 Å². The Balaban J connectivity index is 1.76. The van der Waals surface area contributed by atoms with Gasteiger partial charge >= 0.3 is 0 Å². The molecule has 2 nitrogen and oxygen atoms in total. The van der Waals surface area contributed by atoms with Crippen LogP contribution in [0.3, 0.4) is 0 Å². The number of thioether (sulfide) groups is 1. The summed E-state index contributed by atoms with van der Waals surface area (Å²) >= 11 is 7.68. The number of benzene rings is 1. The van der Waals surface area contributed by atoms with Crippen molar-refractivity contribution in [2.45, 2.75) is 5.03 Å². The average molecular weight is 265 g/mol. The zero-order valence-corrected chi connectivity index (χ0v) is 10.8. The van der Waals surface area contributed by atoms with Crippen LogP contribution < -0.4 is 5.32 Å². The normalized spacial score (nSPS) is 10.2. The Hall–Kier alpha value is -1.19. The van der Waals surface area contributed by atoms with Gasteiger partial charge in [0.15, 0.2) is 0 Å². The standard InChI is InChI=1S/C13H13ClN2S/c14-12-7-4-8-16-13(12)17-10-9-15-11-5-2-1-3-6-11/h1-8,15H,9-10H2. The second-order valence-corrected chi connectivity index (χ2v) is 4.92. The molecule has 0 radical (unpaired) electrons. The molecule has 0 saturated heterocycles. The van der Waals surface area contributed by atoms with Crippen molar-refractivity contribution in [3.05, 3.63) is 53.7 Å². The first-order chi connectivity index (χ1) is 8.36. The lowest BCUT2D eigenvalue weighted by Gasteiger charge is -2.06. The maximum absolute atomic E-state index is 6.02. The zero-order valence-electron chi connectivity index (χ0n) is 9.27. The molecule has 0 aliphatic rings. The fourth-order valence-electron chi connectivity index (χ4n) is 1.38. The fraction of sp³-hybridized carbons (Fsp3) is 0.154. The van der Waals surface area contributed by atoms with Crippen molar-refractivity contribution in [2.24, 2.45) is 0 Å². The highest BCUT2D eigenvalue weighted by atomic mass is 35.5. The number of hydrogen-bond donors (Lipinski definition) is 1. The molecule has 0 aliphatic heterocycles. The number of rotatable bonds is 5. The van der Waals surface area contributed by atoms with Crippen molar-refractivity contribution < 1.29 is 0 Å². The number of anilines is 1. The van der Waals surface area contributed by atoms with Crippen LogP contribution in [0.2, 0.25) is 5.02 Å². The molecule has 0 aliphatic carbocycles. The Bertz CT molecular complexity index is 462. The SMILES string of the molecule is Clc1cccnc1SCCNc1ccccc1. The smallest absolute Gasteiger partial charge is 0.115 e. The van der Waals surface area contributed by atoms with Gasteiger partial charge in [-0.05, 0) is 24.3 Å². The van der Waals surface area contributed by atoms with E-state index >= 15 is 0 Å². The van der Waals surface area contributed by atoms with Crippen molar-refractivity contribution in [3.63, 3.8) is 0 Å². The molecular weight excluding hydrogens is 252 g/mol. The maximum atomic E-state index is 6.02. The van der Waals surface area contributed by atoms with Crippen LogP contribution in [-0.2, 0) is 0 Å². The number of nitrogens with zero attached hydrogens (tertiary/aromatic N) is 1. The van der Waals surface area contributed by atoms with Gasteiger partial charge in [0.1, 0.15) is 5.03 Å². The molecule has 2 aromatic rings. The predicted molar refractivity (Wildman–Crippen MR) is 74.9 cm³/mol. The second kappa shape index (κ2) is 6.52. The zero-order chi connectivity index (χ0) is 11.9. The quantitative estimate of drug-likeness (QED) is 0.654. The first-order valence-corrected chi connectivity index (χ1v) is 6.75. The van der Waals surface area contributed by atoms with Gasteiger partial charge in [-0.3, -0.25) is 0 Å². The molecule has 4 heteroatoms. The molecule has 1 aromatic heterocycles. The summed E-state index contributed by atoms with van der Waals surface area (Å²) in [4.78, 5) is 4.23. The number of hydrogen-bond acceptors (Lipinski definition) is 3. The number of para-hydroxylation sites is 1. The molecule has 17 heavy (non-hydrogen) atoms. The number of aromatic nitrogens is 1. The van der Waals surface area contributed by atoms with Crippen LogP contribution in [0.25, 0.3) is 0 Å². The van der Waals surface area contributed by atoms with E-state index in [1.165, 1.54) is 0 Å². The van der Waals surface area contributed by atoms with E-state index in [9.17, 15) is 0 Å². The number of pyridine rings is 1. The van der Waals surface area contributed by atoms with Crippen LogP contribution in [0.5, 0.6) is 0 Å². The Labute approximate surface area is 110 Å². The molecule has 0 spiro atoms. The van der Waals surface area contributed by atoms with Crippen molar-refractivity contribution in [2.75, 3.05) is 17.6 Å². The third-order valence-corrected chi connectivity index (χ3v) is 3.59. The summed E-state index contributed by atoms with van der Waals surface area (Å²) in [6.45, 7) is 0.890. The largest absolute Gasteiger partial charge is 0.384 e. The van der Waals surface area contributed by atoms with Gasteiger partial charge in [0.05, 0.1) is 5.02 Å². The van der Waals surface area contributed by atoms with Crippen LogP contribution in [0.4, 0.5) is 5.69 Å². The van der Waals surface area contributed by atoms with Crippen LogP contribution in [-0.4, -0.2) is 17.3 Å². The lowest BCUT2D eigenvalue weighted by molar-refractivity contribution is 1.12. The molecule has 0 amide bonds. The van der Waals surface area contributed by atoms with Crippen LogP contribution in [0.1, 0.15) is 0 Å². The highest BCUT2D eigenvalue weighted by Gasteiger charge is 2.00. The molecule has 1 N–H and O–H groups in total. The summed E-state index contributed by atoms with van der Waals surface area (Å²) in [6.07, 6.45) is 1.76. The maximum Gasteiger partial charge on any atom is 0.115 e. The molecule has 1 aromatic carbocycles. The summed E-state index contributed by atoms with van der Waals surface area (Å²) in [6, 6.07) is 13.9. The summed E-state index contributed by atoms with van der Waals surface area (Å²) < 4.78 is 0. The molecule has 0 unspecified atom stereocenters. The van der Waals surface area contributed by atoms with E-state index in [1.54, 1.807) is 18.0 Å². The molecular formula is C13H13ClN2S. The molecule has 0 fully saturated rings. The second-order valence-electron chi connectivity index (χ2n) is 3.43. The minimum absolute atomic E-state index is 0.720. The average Bonchev–Trinajstić information content (AvgIpc) is 2.38. The molecule has 1 heterocycles. The first kappa shape index (κ1) is 12.3. The Morgan fingerprint density at radius 3 is 2.71 bits per heavy atom. The minimum atomic E-state index is 0.720. The van der Waals surface area contributed by atoms with Gasteiger partial charge in [-0.15, -0.1) is 11.8 Å². The van der Waals surface area contributed by atoms with Crippen molar-refractivity contribution in [1.29, 1.82) is 0 Å². The van der Waals surface area contributed by atoms with Gasteiger partial charge < -0.3 is 5.32 Å². The van der Waals surface area contributed by atoms with E-state index in [-0.39, 0.29) is 0 Å². The molecule has 2 rings (SSSR count). The predicted octanol–water partition coefficient (Wildman–Crippen LogP) is 3.94. The minimum Gasteiger partial charge on any atom is -0.384 e. The third kappa shape index (κ3) is 3.95. The van der Waals surface area contributed by atoms with Crippen molar-refractivity contribution in [1.82, 2.24) is 4.98 Å². The summed E-state index contributed by atoms with van der Waals surface area (Å²) in [5, 5.41) is 4.95. The van der Waals surface area contributed by atoms with Gasteiger partial charge in [-0.25, -0.2) is 4.98 Å². The van der Waals surface area contributed by atoms with E-state index in [0.717, 1.165) is 28.0 Å². The Kier molecular flexibility index (Phi) is 4.71. The van der Waals surface area contributed by atoms with Crippen molar-refractivity contribution in [3.8, 4) is 0 Å². The van der Waals surface area contributed by atoms with E-state index in [4.69, 9.17) is 11.6 Å². The highest BCUT2D eigenvalue weighted by molar-refractivity contribution is 7.99. The number of nitrogens with one attached hydrogen (secondary N) is 1. The van der Waals surface area contributed by atoms with Gasteiger partial charge in [0, 0.05) is 24.2 Å². The van der Waals surface area contributed by atoms with Gasteiger partial charge in [-0.2, -0.15) is 0 Å². The van der Waals surface area contributed by atoms with Crippen LogP contribution in [0, 0.1) is 0 Å². The molecule has 0 saturated carbocycles. The topological polar surface area (TPSA) is 24.9 Å². The highest BCUT2D eigenvalue weighted by Crippen LogP contribution is 2.23. The lowest BCUT2D eigenvalue weighted by atomic mass is 10.3. The molecule has 0 bridgehead atoms. The van der Waals surface area contributed by atoms with E-state index in [0.29, 0.717) is 0 Å². The van der Waals surface area contributed by atoms with E-state index < -0.39 is 0 Å².